The summed E-state index contributed by atoms with van der Waals surface area (Å²) in [5.74, 6) is -0.483. The van der Waals surface area contributed by atoms with E-state index in [1.807, 2.05) is 31.2 Å². The number of aliphatic imine (C=N–C) groups is 1. The van der Waals surface area contributed by atoms with Gasteiger partial charge in [-0.05, 0) is 38.7 Å². The van der Waals surface area contributed by atoms with Crippen molar-refractivity contribution in [2.45, 2.75) is 71.6 Å². The van der Waals surface area contributed by atoms with E-state index in [1.54, 1.807) is 0 Å². The minimum atomic E-state index is -0.598. The Bertz CT molecular complexity index is 839. The Morgan fingerprint density at radius 1 is 1.10 bits per heavy atom. The van der Waals surface area contributed by atoms with Crippen molar-refractivity contribution in [2.24, 2.45) is 10.9 Å². The molecular weight excluding hydrogens is 378 g/mol. The predicted octanol–water partition coefficient (Wildman–Crippen LogP) is 5.39. The highest BCUT2D eigenvalue weighted by Crippen LogP contribution is 2.46. The molecule has 1 unspecified atom stereocenters. The molecule has 0 aromatic heterocycles. The van der Waals surface area contributed by atoms with Crippen molar-refractivity contribution in [1.82, 2.24) is 0 Å². The molecule has 0 bridgehead atoms. The second-order valence-corrected chi connectivity index (χ2v) is 8.11. The summed E-state index contributed by atoms with van der Waals surface area (Å²) < 4.78 is 11.7. The Morgan fingerprint density at radius 3 is 2.67 bits per heavy atom. The van der Waals surface area contributed by atoms with Crippen molar-refractivity contribution in [1.29, 1.82) is 0 Å². The lowest BCUT2D eigenvalue weighted by atomic mass is 9.71. The van der Waals surface area contributed by atoms with Gasteiger partial charge in [0.15, 0.2) is 5.78 Å². The molecule has 1 aromatic rings. The van der Waals surface area contributed by atoms with Gasteiger partial charge in [-0.2, -0.15) is 0 Å². The summed E-state index contributed by atoms with van der Waals surface area (Å²) in [6.07, 6.45) is 5.90. The lowest BCUT2D eigenvalue weighted by Gasteiger charge is -2.35. The van der Waals surface area contributed by atoms with Gasteiger partial charge in [-0.3, -0.25) is 14.6 Å². The number of rotatable bonds is 9. The maximum absolute atomic E-state index is 13.2. The number of ketones is 1. The molecule has 0 amide bonds. The van der Waals surface area contributed by atoms with Crippen molar-refractivity contribution in [3.63, 3.8) is 0 Å². The monoisotopic (exact) mass is 411 g/mol. The van der Waals surface area contributed by atoms with Gasteiger partial charge in [0.2, 0.25) is 0 Å². The van der Waals surface area contributed by atoms with Crippen LogP contribution >= 0.6 is 0 Å². The van der Waals surface area contributed by atoms with Crippen LogP contribution < -0.4 is 4.74 Å². The normalized spacial score (nSPS) is 21.2. The van der Waals surface area contributed by atoms with E-state index in [2.05, 4.69) is 13.8 Å². The van der Waals surface area contributed by atoms with Gasteiger partial charge in [-0.15, -0.1) is 0 Å². The molecule has 5 nitrogen and oxygen atoms in total. The Hall–Kier alpha value is -2.43. The predicted molar refractivity (Wildman–Crippen MR) is 118 cm³/mol. The maximum Gasteiger partial charge on any atom is 0.315 e. The molecular formula is C25H33NO4. The standard InChI is InChI=1S/C25H33NO4/c1-4-6-9-16-30-25(28)22-17(3)26-19-12-10-13-20(27)24(19)23(22)18-11-7-8-14-21(18)29-15-5-2/h7-8,11,14,22-23H,4-6,9-10,12-13,15-16H2,1-3H3/t22?,23-/m0/s1. The van der Waals surface area contributed by atoms with Gasteiger partial charge >= 0.3 is 5.97 Å². The Kier molecular flexibility index (Phi) is 7.83. The number of benzene rings is 1. The van der Waals surface area contributed by atoms with Crippen LogP contribution in [0.15, 0.2) is 40.5 Å². The number of Topliss-reactive ketones (excluding diaryl/α,β-unsaturated/α-hetero) is 1. The molecule has 0 saturated heterocycles. The summed E-state index contributed by atoms with van der Waals surface area (Å²) >= 11 is 0. The average Bonchev–Trinajstić information content (AvgIpc) is 2.74. The fourth-order valence-corrected chi connectivity index (χ4v) is 4.34. The number of unbranched alkanes of at least 4 members (excludes halogenated alkanes) is 2. The first-order valence-corrected chi connectivity index (χ1v) is 11.3. The zero-order valence-electron chi connectivity index (χ0n) is 18.4. The topological polar surface area (TPSA) is 65.0 Å². The first-order chi connectivity index (χ1) is 14.6. The van der Waals surface area contributed by atoms with Crippen LogP contribution in [0.4, 0.5) is 0 Å². The molecule has 0 spiro atoms. The van der Waals surface area contributed by atoms with Gasteiger partial charge < -0.3 is 9.47 Å². The first kappa shape index (κ1) is 22.3. The minimum absolute atomic E-state index is 0.0894. The number of carbonyl (C=O) groups is 2. The fraction of sp³-hybridized carbons (Fsp3) is 0.560. The molecule has 2 atom stereocenters. The van der Waals surface area contributed by atoms with Gasteiger partial charge in [-0.1, -0.05) is 44.9 Å². The van der Waals surface area contributed by atoms with E-state index in [4.69, 9.17) is 14.5 Å². The molecule has 5 heteroatoms. The van der Waals surface area contributed by atoms with E-state index in [9.17, 15) is 9.59 Å². The summed E-state index contributed by atoms with van der Waals surface area (Å²) in [6, 6.07) is 7.75. The third-order valence-corrected chi connectivity index (χ3v) is 5.80. The van der Waals surface area contributed by atoms with E-state index in [0.29, 0.717) is 25.2 Å². The van der Waals surface area contributed by atoms with Crippen LogP contribution in [0, 0.1) is 5.92 Å². The van der Waals surface area contributed by atoms with Crippen LogP contribution in [0.3, 0.4) is 0 Å². The Labute approximate surface area is 179 Å². The highest BCUT2D eigenvalue weighted by atomic mass is 16.5. The van der Waals surface area contributed by atoms with Crippen molar-refractivity contribution >= 4 is 17.5 Å². The number of allylic oxidation sites excluding steroid dienone is 2. The van der Waals surface area contributed by atoms with Gasteiger partial charge in [0.05, 0.1) is 13.2 Å². The fourth-order valence-electron chi connectivity index (χ4n) is 4.34. The molecule has 1 aliphatic heterocycles. The molecule has 1 aliphatic carbocycles. The van der Waals surface area contributed by atoms with Gasteiger partial charge in [-0.25, -0.2) is 0 Å². The number of ether oxygens (including phenoxy) is 2. The summed E-state index contributed by atoms with van der Waals surface area (Å²) in [4.78, 5) is 30.9. The second-order valence-electron chi connectivity index (χ2n) is 8.11. The van der Waals surface area contributed by atoms with Crippen LogP contribution in [0.5, 0.6) is 5.75 Å². The number of para-hydroxylation sites is 1. The van der Waals surface area contributed by atoms with Gasteiger partial charge in [0.1, 0.15) is 11.7 Å². The zero-order chi connectivity index (χ0) is 21.5. The smallest absolute Gasteiger partial charge is 0.315 e. The molecule has 3 rings (SSSR count). The molecule has 0 N–H and O–H groups in total. The lowest BCUT2D eigenvalue weighted by molar-refractivity contribution is -0.146. The molecule has 0 fully saturated rings. The first-order valence-electron chi connectivity index (χ1n) is 11.3. The molecule has 0 saturated carbocycles. The van der Waals surface area contributed by atoms with Crippen LogP contribution in [0.25, 0.3) is 0 Å². The third-order valence-electron chi connectivity index (χ3n) is 5.80. The van der Waals surface area contributed by atoms with Crippen molar-refractivity contribution in [3.8, 4) is 5.75 Å². The van der Waals surface area contributed by atoms with Gasteiger partial charge in [0.25, 0.3) is 0 Å². The third kappa shape index (κ3) is 4.82. The highest BCUT2D eigenvalue weighted by molar-refractivity contribution is 6.09. The molecule has 1 aromatic carbocycles. The largest absolute Gasteiger partial charge is 0.493 e. The van der Waals surface area contributed by atoms with E-state index in [0.717, 1.165) is 61.2 Å². The summed E-state index contributed by atoms with van der Waals surface area (Å²) in [5.41, 5.74) is 3.10. The minimum Gasteiger partial charge on any atom is -0.493 e. The average molecular weight is 412 g/mol. The molecule has 1 heterocycles. The molecule has 30 heavy (non-hydrogen) atoms. The Morgan fingerprint density at radius 2 is 1.90 bits per heavy atom. The number of hydrogen-bond acceptors (Lipinski definition) is 5. The zero-order valence-corrected chi connectivity index (χ0v) is 18.4. The number of carbonyl (C=O) groups excluding carboxylic acids is 2. The summed E-state index contributed by atoms with van der Waals surface area (Å²) in [5, 5.41) is 0. The SMILES string of the molecule is CCCCCOC(=O)C1C(C)=NC2=C(C(=O)CCC2)[C@H]1c1ccccc1OCCC. The Balaban J connectivity index is 2.01. The van der Waals surface area contributed by atoms with Crippen molar-refractivity contribution in [2.75, 3.05) is 13.2 Å². The van der Waals surface area contributed by atoms with E-state index >= 15 is 0 Å². The van der Waals surface area contributed by atoms with E-state index < -0.39 is 11.8 Å². The van der Waals surface area contributed by atoms with E-state index in [-0.39, 0.29) is 11.8 Å². The molecule has 162 valence electrons. The lowest BCUT2D eigenvalue weighted by Crippen LogP contribution is -2.37. The highest BCUT2D eigenvalue weighted by Gasteiger charge is 2.44. The number of esters is 1. The molecule has 2 aliphatic rings. The molecule has 0 radical (unpaired) electrons. The maximum atomic E-state index is 13.2. The van der Waals surface area contributed by atoms with Crippen LogP contribution in [0.2, 0.25) is 0 Å². The van der Waals surface area contributed by atoms with Crippen LogP contribution in [-0.2, 0) is 14.3 Å². The van der Waals surface area contributed by atoms with Crippen LogP contribution in [0.1, 0.15) is 77.2 Å². The van der Waals surface area contributed by atoms with Gasteiger partial charge in [0, 0.05) is 34.9 Å². The second kappa shape index (κ2) is 10.6. The number of hydrogen-bond donors (Lipinski definition) is 0. The summed E-state index contributed by atoms with van der Waals surface area (Å²) in [6.45, 7) is 7.04. The quantitative estimate of drug-likeness (QED) is 0.404. The van der Waals surface area contributed by atoms with Crippen molar-refractivity contribution in [3.05, 3.63) is 41.1 Å². The van der Waals surface area contributed by atoms with Crippen LogP contribution in [-0.4, -0.2) is 30.7 Å². The number of nitrogens with zero attached hydrogens (tertiary/aromatic N) is 1. The summed E-state index contributed by atoms with van der Waals surface area (Å²) in [7, 11) is 0. The van der Waals surface area contributed by atoms with E-state index in [1.165, 1.54) is 0 Å². The van der Waals surface area contributed by atoms with Crippen molar-refractivity contribution < 1.29 is 19.1 Å².